The van der Waals surface area contributed by atoms with Gasteiger partial charge in [0.25, 0.3) is 0 Å². The van der Waals surface area contributed by atoms with Crippen LogP contribution in [0.25, 0.3) is 0 Å². The average Bonchev–Trinajstić information content (AvgIpc) is 2.53. The van der Waals surface area contributed by atoms with Crippen LogP contribution in [0.4, 0.5) is 4.39 Å². The number of rotatable bonds is 4. The third-order valence-corrected chi connectivity index (χ3v) is 5.79. The van der Waals surface area contributed by atoms with E-state index in [0.29, 0.717) is 13.0 Å². The van der Waals surface area contributed by atoms with Gasteiger partial charge in [-0.2, -0.15) is 4.31 Å². The first-order valence-electron chi connectivity index (χ1n) is 7.01. The molecule has 1 unspecified atom stereocenters. The fraction of sp³-hybridized carbons (Fsp3) is 0.500. The van der Waals surface area contributed by atoms with Crippen molar-refractivity contribution in [1.82, 2.24) is 4.31 Å². The van der Waals surface area contributed by atoms with Crippen molar-refractivity contribution in [2.75, 3.05) is 20.2 Å². The molecule has 1 fully saturated rings. The van der Waals surface area contributed by atoms with E-state index in [0.717, 1.165) is 38.2 Å². The highest BCUT2D eigenvalue weighted by molar-refractivity contribution is 7.89. The van der Waals surface area contributed by atoms with Crippen LogP contribution < -0.4 is 5.73 Å². The summed E-state index contributed by atoms with van der Waals surface area (Å²) in [7, 11) is -2.82. The van der Waals surface area contributed by atoms with Gasteiger partial charge in [-0.1, -0.05) is 6.42 Å². The van der Waals surface area contributed by atoms with Crippen molar-refractivity contribution >= 4 is 16.0 Å². The van der Waals surface area contributed by atoms with Gasteiger partial charge in [0, 0.05) is 19.1 Å². The number of carbonyl (C=O) groups is 1. The minimum atomic E-state index is -3.94. The van der Waals surface area contributed by atoms with E-state index in [1.807, 2.05) is 0 Å². The quantitative estimate of drug-likeness (QED) is 0.836. The lowest BCUT2D eigenvalue weighted by Gasteiger charge is -2.34. The molecule has 0 aromatic heterocycles. The number of nitrogens with zero attached hydrogens (tertiary/aromatic N) is 1. The van der Waals surface area contributed by atoms with E-state index >= 15 is 0 Å². The van der Waals surface area contributed by atoms with Crippen LogP contribution in [0.1, 0.15) is 29.6 Å². The summed E-state index contributed by atoms with van der Waals surface area (Å²) in [5, 5.41) is 0. The van der Waals surface area contributed by atoms with E-state index in [1.165, 1.54) is 4.31 Å². The Labute approximate surface area is 129 Å². The first-order chi connectivity index (χ1) is 10.4. The molecule has 0 amide bonds. The fourth-order valence-corrected chi connectivity index (χ4v) is 4.52. The minimum Gasteiger partial charge on any atom is -0.465 e. The summed E-state index contributed by atoms with van der Waals surface area (Å²) in [4.78, 5) is 11.5. The lowest BCUT2D eigenvalue weighted by atomic mass is 10.1. The lowest BCUT2D eigenvalue weighted by molar-refractivity contribution is 0.0595. The van der Waals surface area contributed by atoms with Crippen molar-refractivity contribution in [2.24, 2.45) is 5.73 Å². The molecule has 1 aliphatic rings. The van der Waals surface area contributed by atoms with Crippen LogP contribution in [0, 0.1) is 5.82 Å². The van der Waals surface area contributed by atoms with Gasteiger partial charge in [0.05, 0.1) is 17.6 Å². The average molecular weight is 330 g/mol. The maximum absolute atomic E-state index is 13.4. The lowest BCUT2D eigenvalue weighted by Crippen LogP contribution is -2.47. The van der Waals surface area contributed by atoms with Crippen LogP contribution in [-0.4, -0.2) is 44.9 Å². The topological polar surface area (TPSA) is 89.7 Å². The molecule has 0 saturated carbocycles. The van der Waals surface area contributed by atoms with Gasteiger partial charge >= 0.3 is 5.97 Å². The van der Waals surface area contributed by atoms with Gasteiger partial charge in [0.1, 0.15) is 5.82 Å². The minimum absolute atomic E-state index is 0.202. The maximum Gasteiger partial charge on any atom is 0.339 e. The van der Waals surface area contributed by atoms with Crippen LogP contribution in [-0.2, 0) is 14.8 Å². The van der Waals surface area contributed by atoms with Crippen molar-refractivity contribution in [3.63, 3.8) is 0 Å². The number of piperidine rings is 1. The number of sulfonamides is 1. The zero-order chi connectivity index (χ0) is 16.3. The predicted octanol–water partition coefficient (Wildman–Crippen LogP) is 1.11. The van der Waals surface area contributed by atoms with E-state index in [1.54, 1.807) is 0 Å². The Hall–Kier alpha value is -1.51. The first-order valence-corrected chi connectivity index (χ1v) is 8.45. The van der Waals surface area contributed by atoms with Crippen molar-refractivity contribution in [3.8, 4) is 0 Å². The Bertz CT molecular complexity index is 663. The van der Waals surface area contributed by atoms with Crippen molar-refractivity contribution in [2.45, 2.75) is 30.2 Å². The van der Waals surface area contributed by atoms with E-state index in [4.69, 9.17) is 5.73 Å². The zero-order valence-corrected chi connectivity index (χ0v) is 13.1. The highest BCUT2D eigenvalue weighted by Gasteiger charge is 2.35. The van der Waals surface area contributed by atoms with E-state index < -0.39 is 21.8 Å². The second kappa shape index (κ2) is 6.72. The highest BCUT2D eigenvalue weighted by Crippen LogP contribution is 2.27. The maximum atomic E-state index is 13.4. The summed E-state index contributed by atoms with van der Waals surface area (Å²) in [5.74, 6) is -1.59. The third kappa shape index (κ3) is 3.13. The number of methoxy groups -OCH3 is 1. The summed E-state index contributed by atoms with van der Waals surface area (Å²) in [6, 6.07) is 2.68. The Morgan fingerprint density at radius 1 is 1.45 bits per heavy atom. The Balaban J connectivity index is 2.51. The molecule has 1 atom stereocenters. The molecule has 1 aliphatic heterocycles. The van der Waals surface area contributed by atoms with Gasteiger partial charge in [0.15, 0.2) is 0 Å². The zero-order valence-electron chi connectivity index (χ0n) is 12.3. The molecule has 0 radical (unpaired) electrons. The molecule has 0 aliphatic carbocycles. The van der Waals surface area contributed by atoms with Gasteiger partial charge < -0.3 is 10.5 Å². The molecule has 0 spiro atoms. The van der Waals surface area contributed by atoms with Gasteiger partial charge in [-0.05, 0) is 31.0 Å². The number of hydrogen-bond acceptors (Lipinski definition) is 5. The molecule has 8 heteroatoms. The molecule has 1 heterocycles. The molecular formula is C14H19FN2O4S. The van der Waals surface area contributed by atoms with E-state index in [-0.39, 0.29) is 23.0 Å². The molecule has 0 bridgehead atoms. The van der Waals surface area contributed by atoms with Crippen molar-refractivity contribution in [1.29, 1.82) is 0 Å². The molecule has 6 nitrogen and oxygen atoms in total. The molecule has 22 heavy (non-hydrogen) atoms. The molecule has 2 rings (SSSR count). The van der Waals surface area contributed by atoms with Crippen molar-refractivity contribution in [3.05, 3.63) is 29.6 Å². The summed E-state index contributed by atoms with van der Waals surface area (Å²) in [6.07, 6.45) is 2.30. The number of carbonyl (C=O) groups excluding carboxylic acids is 1. The Kier molecular flexibility index (Phi) is 5.15. The smallest absolute Gasteiger partial charge is 0.339 e. The monoisotopic (exact) mass is 330 g/mol. The predicted molar refractivity (Wildman–Crippen MR) is 78.3 cm³/mol. The van der Waals surface area contributed by atoms with E-state index in [9.17, 15) is 17.6 Å². The highest BCUT2D eigenvalue weighted by atomic mass is 32.2. The van der Waals surface area contributed by atoms with Crippen LogP contribution in [0.15, 0.2) is 23.1 Å². The molecule has 1 aromatic carbocycles. The first kappa shape index (κ1) is 16.9. The van der Waals surface area contributed by atoms with Gasteiger partial charge in [0.2, 0.25) is 10.0 Å². The Morgan fingerprint density at radius 3 is 2.82 bits per heavy atom. The van der Waals surface area contributed by atoms with E-state index in [2.05, 4.69) is 4.74 Å². The molecule has 2 N–H and O–H groups in total. The summed E-state index contributed by atoms with van der Waals surface area (Å²) in [6.45, 7) is 0.538. The van der Waals surface area contributed by atoms with Crippen LogP contribution in [0.2, 0.25) is 0 Å². The second-order valence-electron chi connectivity index (χ2n) is 5.13. The van der Waals surface area contributed by atoms with Crippen molar-refractivity contribution < 1.29 is 22.3 Å². The third-order valence-electron chi connectivity index (χ3n) is 3.78. The number of hydrogen-bond donors (Lipinski definition) is 1. The molecule has 122 valence electrons. The number of nitrogens with two attached hydrogens (primary N) is 1. The van der Waals surface area contributed by atoms with Crippen LogP contribution in [0.5, 0.6) is 0 Å². The normalized spacial score (nSPS) is 19.9. The fourth-order valence-electron chi connectivity index (χ4n) is 2.65. The number of ether oxygens (including phenoxy) is 1. The molecule has 1 saturated heterocycles. The number of esters is 1. The largest absolute Gasteiger partial charge is 0.465 e. The number of halogens is 1. The number of benzene rings is 1. The molecular weight excluding hydrogens is 311 g/mol. The molecule has 1 aromatic rings. The SMILES string of the molecule is COC(=O)c1cc(F)ccc1S(=O)(=O)N1CCCCC1CN. The Morgan fingerprint density at radius 2 is 2.18 bits per heavy atom. The van der Waals surface area contributed by atoms with Gasteiger partial charge in [-0.3, -0.25) is 0 Å². The second-order valence-corrected chi connectivity index (χ2v) is 6.99. The van der Waals surface area contributed by atoms with Crippen LogP contribution in [0.3, 0.4) is 0 Å². The van der Waals surface area contributed by atoms with Gasteiger partial charge in [-0.15, -0.1) is 0 Å². The summed E-state index contributed by atoms with van der Waals surface area (Å²) < 4.78 is 44.9. The van der Waals surface area contributed by atoms with Gasteiger partial charge in [-0.25, -0.2) is 17.6 Å². The summed E-state index contributed by atoms with van der Waals surface area (Å²) >= 11 is 0. The van der Waals surface area contributed by atoms with Crippen LogP contribution >= 0.6 is 0 Å². The standard InChI is InChI=1S/C14H19FN2O4S/c1-21-14(18)12-8-10(15)5-6-13(12)22(19,20)17-7-3-2-4-11(17)9-16/h5-6,8,11H,2-4,7,9,16H2,1H3. The summed E-state index contributed by atoms with van der Waals surface area (Å²) in [5.41, 5.74) is 5.36.